The molecule has 2 atom stereocenters. The Kier molecular flexibility index (Phi) is 2.70. The molecule has 1 aliphatic heterocycles. The minimum absolute atomic E-state index is 0.0176. The Morgan fingerprint density at radius 1 is 1.75 bits per heavy atom. The molecule has 0 unspecified atom stereocenters. The van der Waals surface area contributed by atoms with E-state index in [1.807, 2.05) is 6.07 Å². The molecule has 3 heterocycles. The van der Waals surface area contributed by atoms with Crippen LogP contribution in [-0.2, 0) is 4.74 Å². The van der Waals surface area contributed by atoms with Gasteiger partial charge in [0.1, 0.15) is 12.3 Å². The van der Waals surface area contributed by atoms with E-state index in [-0.39, 0.29) is 18.1 Å². The number of H-pyrrole nitrogens is 1. The normalized spacial score (nSPS) is 25.9. The van der Waals surface area contributed by atoms with E-state index in [4.69, 9.17) is 15.7 Å². The van der Waals surface area contributed by atoms with Gasteiger partial charge in [0, 0.05) is 0 Å². The highest BCUT2D eigenvalue weighted by Crippen LogP contribution is 2.36. The Hall–Kier alpha value is -2.44. The van der Waals surface area contributed by atoms with E-state index in [1.54, 1.807) is 4.57 Å². The summed E-state index contributed by atoms with van der Waals surface area (Å²) in [6.45, 7) is -0.386. The number of imidazole rings is 1. The van der Waals surface area contributed by atoms with Crippen molar-refractivity contribution in [1.82, 2.24) is 19.5 Å². The van der Waals surface area contributed by atoms with E-state index in [2.05, 4.69) is 15.0 Å². The highest BCUT2D eigenvalue weighted by Gasteiger charge is 2.41. The molecule has 9 heteroatoms. The fraction of sp³-hybridized carbons (Fsp3) is 0.455. The smallest absolute Gasteiger partial charge is 0.280 e. The quantitative estimate of drug-likeness (QED) is 0.655. The first kappa shape index (κ1) is 12.6. The zero-order chi connectivity index (χ0) is 14.3. The van der Waals surface area contributed by atoms with E-state index in [0.717, 1.165) is 0 Å². The number of aromatic amines is 1. The van der Waals surface area contributed by atoms with Gasteiger partial charge < -0.3 is 15.6 Å². The summed E-state index contributed by atoms with van der Waals surface area (Å²) >= 11 is 0. The van der Waals surface area contributed by atoms with Gasteiger partial charge in [-0.05, 0) is 12.8 Å². The van der Waals surface area contributed by atoms with Gasteiger partial charge in [-0.15, -0.1) is 0 Å². The number of fused-ring (bicyclic) bond motifs is 1. The van der Waals surface area contributed by atoms with Crippen molar-refractivity contribution < 1.29 is 9.84 Å². The van der Waals surface area contributed by atoms with Gasteiger partial charge in [-0.2, -0.15) is 10.2 Å². The molecule has 1 aliphatic rings. The second-order valence-corrected chi connectivity index (χ2v) is 4.65. The molecule has 1 saturated heterocycles. The van der Waals surface area contributed by atoms with Gasteiger partial charge in [0.2, 0.25) is 5.95 Å². The average Bonchev–Trinajstić information content (AvgIpc) is 3.02. The van der Waals surface area contributed by atoms with Crippen molar-refractivity contribution in [3.8, 4) is 6.07 Å². The van der Waals surface area contributed by atoms with Crippen LogP contribution in [0.3, 0.4) is 0 Å². The van der Waals surface area contributed by atoms with Crippen LogP contribution in [0.25, 0.3) is 11.2 Å². The number of hydrogen-bond donors (Lipinski definition) is 3. The second-order valence-electron chi connectivity index (χ2n) is 4.65. The lowest BCUT2D eigenvalue weighted by Crippen LogP contribution is -2.31. The average molecular weight is 276 g/mol. The van der Waals surface area contributed by atoms with Crippen LogP contribution in [0.4, 0.5) is 5.95 Å². The number of aliphatic hydroxyl groups is 1. The molecule has 1 fully saturated rings. The van der Waals surface area contributed by atoms with Crippen molar-refractivity contribution in [3.63, 3.8) is 0 Å². The number of nitriles is 1. The molecule has 0 bridgehead atoms. The highest BCUT2D eigenvalue weighted by atomic mass is 16.5. The molecule has 2 aromatic heterocycles. The fourth-order valence-electron chi connectivity index (χ4n) is 2.32. The highest BCUT2D eigenvalue weighted by molar-refractivity contribution is 5.70. The van der Waals surface area contributed by atoms with Crippen LogP contribution in [-0.4, -0.2) is 36.8 Å². The van der Waals surface area contributed by atoms with Gasteiger partial charge in [0.25, 0.3) is 5.56 Å². The predicted molar refractivity (Wildman–Crippen MR) is 67.3 cm³/mol. The van der Waals surface area contributed by atoms with Crippen LogP contribution < -0.4 is 11.3 Å². The third-order valence-corrected chi connectivity index (χ3v) is 3.38. The van der Waals surface area contributed by atoms with Crippen molar-refractivity contribution in [2.45, 2.75) is 24.7 Å². The second kappa shape index (κ2) is 4.29. The SMILES string of the molecule is N#C[C@@]1(CO)CC[C@H](n2cnc3c(=O)[nH]c(N)nc32)O1. The Labute approximate surface area is 112 Å². The summed E-state index contributed by atoms with van der Waals surface area (Å²) in [7, 11) is 0. The number of rotatable bonds is 2. The summed E-state index contributed by atoms with van der Waals surface area (Å²) < 4.78 is 7.15. The zero-order valence-electron chi connectivity index (χ0n) is 10.4. The summed E-state index contributed by atoms with van der Waals surface area (Å²) in [5.74, 6) is -0.0176. The standard InChI is InChI=1S/C11H12N6O3/c12-3-11(4-18)2-1-6(20-11)17-5-14-7-8(17)15-10(13)16-9(7)19/h5-6,18H,1-2,4H2,(H3,13,15,16,19)/t6-,11-/m1/s1. The maximum Gasteiger partial charge on any atom is 0.280 e. The van der Waals surface area contributed by atoms with E-state index in [9.17, 15) is 9.90 Å². The topological polar surface area (TPSA) is 143 Å². The number of ether oxygens (including phenoxy) is 1. The number of nitrogens with zero attached hydrogens (tertiary/aromatic N) is 4. The molecule has 4 N–H and O–H groups in total. The Bertz CT molecular complexity index is 760. The number of hydrogen-bond acceptors (Lipinski definition) is 7. The van der Waals surface area contributed by atoms with Gasteiger partial charge in [0.15, 0.2) is 16.8 Å². The van der Waals surface area contributed by atoms with E-state index in [0.29, 0.717) is 18.5 Å². The fourth-order valence-corrected chi connectivity index (χ4v) is 2.32. The van der Waals surface area contributed by atoms with Crippen LogP contribution in [0.1, 0.15) is 19.1 Å². The maximum atomic E-state index is 11.7. The number of nitrogens with one attached hydrogen (secondary N) is 1. The molecule has 0 saturated carbocycles. The van der Waals surface area contributed by atoms with E-state index >= 15 is 0 Å². The van der Waals surface area contributed by atoms with Crippen LogP contribution in [0.15, 0.2) is 11.1 Å². The molecule has 0 aliphatic carbocycles. The van der Waals surface area contributed by atoms with Crippen molar-refractivity contribution >= 4 is 17.1 Å². The monoisotopic (exact) mass is 276 g/mol. The predicted octanol–water partition coefficient (Wildman–Crippen LogP) is -0.735. The third-order valence-electron chi connectivity index (χ3n) is 3.38. The largest absolute Gasteiger partial charge is 0.392 e. The number of nitrogens with two attached hydrogens (primary N) is 1. The molecule has 0 spiro atoms. The number of nitrogen functional groups attached to an aromatic ring is 1. The minimum atomic E-state index is -1.21. The zero-order valence-corrected chi connectivity index (χ0v) is 10.4. The lowest BCUT2D eigenvalue weighted by Gasteiger charge is -2.19. The number of aliphatic hydroxyl groups excluding tert-OH is 1. The van der Waals surface area contributed by atoms with E-state index < -0.39 is 17.4 Å². The molecule has 20 heavy (non-hydrogen) atoms. The molecule has 2 aromatic rings. The number of anilines is 1. The molecular weight excluding hydrogens is 264 g/mol. The van der Waals surface area contributed by atoms with Crippen molar-refractivity contribution in [2.75, 3.05) is 12.3 Å². The molecule has 0 aromatic carbocycles. The molecular formula is C11H12N6O3. The van der Waals surface area contributed by atoms with Crippen LogP contribution in [0.2, 0.25) is 0 Å². The summed E-state index contributed by atoms with van der Waals surface area (Å²) in [6.07, 6.45) is 1.80. The Morgan fingerprint density at radius 2 is 2.55 bits per heavy atom. The third kappa shape index (κ3) is 1.74. The first-order chi connectivity index (χ1) is 9.58. The van der Waals surface area contributed by atoms with Crippen molar-refractivity contribution in [3.05, 3.63) is 16.7 Å². The van der Waals surface area contributed by atoms with Gasteiger partial charge in [0.05, 0.1) is 12.9 Å². The van der Waals surface area contributed by atoms with Crippen LogP contribution in [0, 0.1) is 11.3 Å². The summed E-state index contributed by atoms with van der Waals surface area (Å²) in [6, 6.07) is 1.97. The molecule has 3 rings (SSSR count). The molecule has 9 nitrogen and oxygen atoms in total. The molecule has 0 amide bonds. The van der Waals surface area contributed by atoms with Crippen molar-refractivity contribution in [2.24, 2.45) is 0 Å². The van der Waals surface area contributed by atoms with Gasteiger partial charge in [-0.3, -0.25) is 14.3 Å². The lowest BCUT2D eigenvalue weighted by molar-refractivity contribution is -0.0630. The lowest BCUT2D eigenvalue weighted by atomic mass is 10.0. The first-order valence-corrected chi connectivity index (χ1v) is 6.01. The Balaban J connectivity index is 2.05. The minimum Gasteiger partial charge on any atom is -0.392 e. The summed E-state index contributed by atoms with van der Waals surface area (Å²) in [5.41, 5.74) is 4.32. The number of aromatic nitrogens is 4. The Morgan fingerprint density at radius 3 is 3.20 bits per heavy atom. The molecule has 104 valence electrons. The van der Waals surface area contributed by atoms with E-state index in [1.165, 1.54) is 6.33 Å². The van der Waals surface area contributed by atoms with Crippen molar-refractivity contribution in [1.29, 1.82) is 5.26 Å². The van der Waals surface area contributed by atoms with Crippen LogP contribution in [0.5, 0.6) is 0 Å². The first-order valence-electron chi connectivity index (χ1n) is 6.01. The van der Waals surface area contributed by atoms with Gasteiger partial charge in [-0.25, -0.2) is 4.98 Å². The van der Waals surface area contributed by atoms with Gasteiger partial charge in [-0.1, -0.05) is 0 Å². The summed E-state index contributed by atoms with van der Waals surface area (Å²) in [4.78, 5) is 22.1. The summed E-state index contributed by atoms with van der Waals surface area (Å²) in [5, 5.41) is 18.4. The van der Waals surface area contributed by atoms with Crippen LogP contribution >= 0.6 is 0 Å². The molecule has 0 radical (unpaired) electrons. The van der Waals surface area contributed by atoms with Gasteiger partial charge >= 0.3 is 0 Å². The maximum absolute atomic E-state index is 11.7.